The summed E-state index contributed by atoms with van der Waals surface area (Å²) in [6, 6.07) is 8.39. The molecule has 0 bridgehead atoms. The number of hydrogen-bond acceptors (Lipinski definition) is 1. The van der Waals surface area contributed by atoms with Crippen LogP contribution in [0.2, 0.25) is 0 Å². The highest BCUT2D eigenvalue weighted by molar-refractivity contribution is 9.10. The lowest BCUT2D eigenvalue weighted by molar-refractivity contribution is 0.829. The molecule has 1 aromatic carbocycles. The molecule has 2 N–H and O–H groups in total. The molecule has 3 heteroatoms. The van der Waals surface area contributed by atoms with Gasteiger partial charge in [-0.15, -0.1) is 0 Å². The third kappa shape index (κ3) is 3.92. The molecule has 76 valence electrons. The summed E-state index contributed by atoms with van der Waals surface area (Å²) in [5.74, 6) is 0.697. The van der Waals surface area contributed by atoms with Crippen LogP contribution >= 0.6 is 15.9 Å². The minimum atomic E-state index is 0.269. The van der Waals surface area contributed by atoms with Crippen LogP contribution in [0, 0.1) is 0 Å². The van der Waals surface area contributed by atoms with Gasteiger partial charge in [0.05, 0.1) is 5.84 Å². The van der Waals surface area contributed by atoms with E-state index in [1.54, 1.807) is 0 Å². The van der Waals surface area contributed by atoms with Gasteiger partial charge in [0.25, 0.3) is 0 Å². The summed E-state index contributed by atoms with van der Waals surface area (Å²) in [6.45, 7) is 4.04. The maximum Gasteiger partial charge on any atom is 0.0984 e. The zero-order chi connectivity index (χ0) is 10.6. The van der Waals surface area contributed by atoms with Gasteiger partial charge in [-0.25, -0.2) is 0 Å². The van der Waals surface area contributed by atoms with Crippen molar-refractivity contribution in [3.05, 3.63) is 34.3 Å². The van der Waals surface area contributed by atoms with Gasteiger partial charge in [0.15, 0.2) is 0 Å². The van der Waals surface area contributed by atoms with E-state index in [9.17, 15) is 0 Å². The van der Waals surface area contributed by atoms with Crippen LogP contribution in [0.3, 0.4) is 0 Å². The molecule has 0 spiro atoms. The fourth-order valence-electron chi connectivity index (χ4n) is 1.19. The molecule has 0 aliphatic heterocycles. The Balaban J connectivity index is 2.65. The first-order valence-electron chi connectivity index (χ1n) is 4.64. The number of nitrogens with two attached hydrogens (primary N) is 1. The van der Waals surface area contributed by atoms with Crippen LogP contribution in [0.1, 0.15) is 19.4 Å². The normalized spacial score (nSPS) is 12.1. The zero-order valence-electron chi connectivity index (χ0n) is 8.50. The molecule has 0 aromatic heterocycles. The number of nitrogens with zero attached hydrogens (tertiary/aromatic N) is 1. The average molecular weight is 255 g/mol. The van der Waals surface area contributed by atoms with Crippen molar-refractivity contribution in [2.45, 2.75) is 26.3 Å². The van der Waals surface area contributed by atoms with E-state index in [2.05, 4.69) is 20.9 Å². The van der Waals surface area contributed by atoms with Gasteiger partial charge in [-0.1, -0.05) is 28.1 Å². The van der Waals surface area contributed by atoms with Gasteiger partial charge in [0.2, 0.25) is 0 Å². The molecule has 0 fully saturated rings. The summed E-state index contributed by atoms with van der Waals surface area (Å²) in [4.78, 5) is 4.28. The number of rotatable bonds is 3. The largest absolute Gasteiger partial charge is 0.387 e. The van der Waals surface area contributed by atoms with E-state index >= 15 is 0 Å². The third-order valence-corrected chi connectivity index (χ3v) is 2.25. The Bertz CT molecular complexity index is 315. The molecule has 0 amide bonds. The molecule has 0 aliphatic rings. The Morgan fingerprint density at radius 2 is 1.93 bits per heavy atom. The summed E-state index contributed by atoms with van der Waals surface area (Å²) in [5.41, 5.74) is 6.97. The van der Waals surface area contributed by atoms with Gasteiger partial charge in [-0.3, -0.25) is 4.99 Å². The van der Waals surface area contributed by atoms with Crippen molar-refractivity contribution in [1.29, 1.82) is 0 Å². The van der Waals surface area contributed by atoms with E-state index in [4.69, 9.17) is 5.73 Å². The van der Waals surface area contributed by atoms with Crippen LogP contribution in [0.4, 0.5) is 0 Å². The second kappa shape index (κ2) is 5.15. The first kappa shape index (κ1) is 11.2. The van der Waals surface area contributed by atoms with Crippen molar-refractivity contribution in [2.24, 2.45) is 10.7 Å². The number of benzene rings is 1. The standard InChI is InChI=1S/C11H15BrN2/c1-8(2)14-11(13)7-9-3-5-10(12)6-4-9/h3-6,8H,7H2,1-2H3,(H2,13,14). The number of hydrogen-bond donors (Lipinski definition) is 1. The molecule has 0 saturated heterocycles. The number of amidine groups is 1. The lowest BCUT2D eigenvalue weighted by Crippen LogP contribution is -2.17. The molecule has 0 aliphatic carbocycles. The summed E-state index contributed by atoms with van der Waals surface area (Å²) >= 11 is 3.39. The fraction of sp³-hybridized carbons (Fsp3) is 0.364. The Morgan fingerprint density at radius 1 is 1.36 bits per heavy atom. The molecule has 14 heavy (non-hydrogen) atoms. The minimum Gasteiger partial charge on any atom is -0.387 e. The highest BCUT2D eigenvalue weighted by Crippen LogP contribution is 2.10. The van der Waals surface area contributed by atoms with Gasteiger partial charge < -0.3 is 5.73 Å². The second-order valence-electron chi connectivity index (χ2n) is 3.52. The first-order valence-corrected chi connectivity index (χ1v) is 5.44. The highest BCUT2D eigenvalue weighted by atomic mass is 79.9. The summed E-state index contributed by atoms with van der Waals surface area (Å²) in [6.07, 6.45) is 0.728. The molecule has 0 unspecified atom stereocenters. The van der Waals surface area contributed by atoms with Crippen molar-refractivity contribution < 1.29 is 0 Å². The van der Waals surface area contributed by atoms with E-state index in [1.165, 1.54) is 5.56 Å². The van der Waals surface area contributed by atoms with Crippen LogP contribution in [0.25, 0.3) is 0 Å². The Morgan fingerprint density at radius 3 is 2.43 bits per heavy atom. The Hall–Kier alpha value is -0.830. The fourth-order valence-corrected chi connectivity index (χ4v) is 1.45. The molecular weight excluding hydrogens is 240 g/mol. The first-order chi connectivity index (χ1) is 6.58. The monoisotopic (exact) mass is 254 g/mol. The van der Waals surface area contributed by atoms with Crippen LogP contribution in [0.15, 0.2) is 33.7 Å². The minimum absolute atomic E-state index is 0.269. The maximum atomic E-state index is 5.78. The van der Waals surface area contributed by atoms with Crippen LogP contribution in [-0.2, 0) is 6.42 Å². The van der Waals surface area contributed by atoms with Crippen molar-refractivity contribution in [3.8, 4) is 0 Å². The maximum absolute atomic E-state index is 5.78. The molecule has 0 atom stereocenters. The van der Waals surface area contributed by atoms with Crippen molar-refractivity contribution in [1.82, 2.24) is 0 Å². The average Bonchev–Trinajstić information content (AvgIpc) is 2.07. The third-order valence-electron chi connectivity index (χ3n) is 1.72. The highest BCUT2D eigenvalue weighted by Gasteiger charge is 1.97. The van der Waals surface area contributed by atoms with E-state index < -0.39 is 0 Å². The van der Waals surface area contributed by atoms with Crippen LogP contribution in [-0.4, -0.2) is 11.9 Å². The van der Waals surface area contributed by atoms with E-state index in [1.807, 2.05) is 38.1 Å². The van der Waals surface area contributed by atoms with Crippen LogP contribution < -0.4 is 5.73 Å². The van der Waals surface area contributed by atoms with Crippen molar-refractivity contribution in [3.63, 3.8) is 0 Å². The summed E-state index contributed by atoms with van der Waals surface area (Å²) in [7, 11) is 0. The number of aliphatic imine (C=N–C) groups is 1. The summed E-state index contributed by atoms with van der Waals surface area (Å²) < 4.78 is 1.08. The predicted octanol–water partition coefficient (Wildman–Crippen LogP) is 2.76. The number of halogens is 1. The molecular formula is C11H15BrN2. The predicted molar refractivity (Wildman–Crippen MR) is 64.6 cm³/mol. The quantitative estimate of drug-likeness (QED) is 0.654. The van der Waals surface area contributed by atoms with Crippen molar-refractivity contribution in [2.75, 3.05) is 0 Å². The SMILES string of the molecule is CC(C)N=C(N)Cc1ccc(Br)cc1. The van der Waals surface area contributed by atoms with Crippen molar-refractivity contribution >= 4 is 21.8 Å². The molecule has 1 aromatic rings. The van der Waals surface area contributed by atoms with Gasteiger partial charge in [-0.05, 0) is 31.5 Å². The topological polar surface area (TPSA) is 38.4 Å². The molecule has 0 radical (unpaired) electrons. The van der Waals surface area contributed by atoms with Gasteiger partial charge >= 0.3 is 0 Å². The van der Waals surface area contributed by atoms with E-state index in [-0.39, 0.29) is 6.04 Å². The lowest BCUT2D eigenvalue weighted by Gasteiger charge is -2.03. The van der Waals surface area contributed by atoms with Gasteiger partial charge in [-0.2, -0.15) is 0 Å². The van der Waals surface area contributed by atoms with E-state index in [0.717, 1.165) is 10.9 Å². The van der Waals surface area contributed by atoms with E-state index in [0.29, 0.717) is 5.84 Å². The molecule has 2 nitrogen and oxygen atoms in total. The smallest absolute Gasteiger partial charge is 0.0984 e. The van der Waals surface area contributed by atoms with Crippen LogP contribution in [0.5, 0.6) is 0 Å². The van der Waals surface area contributed by atoms with Gasteiger partial charge in [0, 0.05) is 16.9 Å². The molecule has 1 rings (SSSR count). The Labute approximate surface area is 93.4 Å². The van der Waals surface area contributed by atoms with Gasteiger partial charge in [0.1, 0.15) is 0 Å². The molecule has 0 saturated carbocycles. The Kier molecular flexibility index (Phi) is 4.14. The lowest BCUT2D eigenvalue weighted by atomic mass is 10.1. The summed E-state index contributed by atoms with van der Waals surface area (Å²) in [5, 5.41) is 0. The second-order valence-corrected chi connectivity index (χ2v) is 4.43. The molecule has 0 heterocycles. The zero-order valence-corrected chi connectivity index (χ0v) is 10.1.